The van der Waals surface area contributed by atoms with Gasteiger partial charge in [0.05, 0.1) is 9.85 Å². The summed E-state index contributed by atoms with van der Waals surface area (Å²) in [6.45, 7) is 4.18. The van der Waals surface area contributed by atoms with Crippen molar-refractivity contribution in [2.75, 3.05) is 0 Å². The average Bonchev–Trinajstić information content (AvgIpc) is 2.78. The fourth-order valence-corrected chi connectivity index (χ4v) is 5.58. The van der Waals surface area contributed by atoms with Gasteiger partial charge in [-0.2, -0.15) is 0 Å². The van der Waals surface area contributed by atoms with Gasteiger partial charge in [0.2, 0.25) is 0 Å². The Morgan fingerprint density at radius 3 is 1.44 bits per heavy atom. The topological polar surface area (TPSA) is 122 Å². The van der Waals surface area contributed by atoms with E-state index in [0.717, 1.165) is 51.4 Å². The van der Waals surface area contributed by atoms with Crippen LogP contribution in [0, 0.1) is 31.1 Å². The normalized spacial score (nSPS) is 17.4. The number of carbonyl (C=O) groups excluding carboxylic acids is 1. The molecule has 0 saturated heterocycles. The van der Waals surface area contributed by atoms with Crippen molar-refractivity contribution in [1.82, 2.24) is 0 Å². The van der Waals surface area contributed by atoms with E-state index in [4.69, 9.17) is 9.47 Å². The molecule has 0 aliphatic heterocycles. The maximum Gasteiger partial charge on any atom is 0.519 e. The summed E-state index contributed by atoms with van der Waals surface area (Å²) in [4.78, 5) is 34.8. The van der Waals surface area contributed by atoms with E-state index in [1.165, 1.54) is 36.4 Å². The molecule has 2 aromatic rings. The second-order valence-electron chi connectivity index (χ2n) is 10.3. The average molecular weight is 497 g/mol. The molecule has 2 aromatic carbocycles. The lowest BCUT2D eigenvalue weighted by Gasteiger charge is -2.41. The molecule has 0 aromatic heterocycles. The molecular formula is C27H32N2O7. The minimum Gasteiger partial charge on any atom is -0.395 e. The molecule has 2 fully saturated rings. The van der Waals surface area contributed by atoms with Crippen LogP contribution >= 0.6 is 0 Å². The van der Waals surface area contributed by atoms with Gasteiger partial charge in [0.15, 0.2) is 0 Å². The molecule has 0 spiro atoms. The standard InChI is InChI=1S/C27H32N2O7/c1-3-26(11-5-12-26)17-19-15-21(7-9-23(19)28(31)32)35-25(30)36-22-8-10-24(29(33)34)20(16-22)18-27(4-2)13-6-14-27/h7-10,15-16H,3-6,11-14,17-18H2,1-2H3. The lowest BCUT2D eigenvalue weighted by atomic mass is 9.64. The third-order valence-corrected chi connectivity index (χ3v) is 8.36. The Kier molecular flexibility index (Phi) is 7.28. The van der Waals surface area contributed by atoms with E-state index in [-0.39, 0.29) is 33.7 Å². The van der Waals surface area contributed by atoms with E-state index in [1.54, 1.807) is 0 Å². The number of nitro benzene ring substituents is 2. The summed E-state index contributed by atoms with van der Waals surface area (Å²) in [5, 5.41) is 23.1. The van der Waals surface area contributed by atoms with Crippen molar-refractivity contribution in [1.29, 1.82) is 0 Å². The number of carbonyl (C=O) groups is 1. The molecule has 192 valence electrons. The highest BCUT2D eigenvalue weighted by Gasteiger charge is 2.38. The molecular weight excluding hydrogens is 464 g/mol. The number of benzene rings is 2. The minimum atomic E-state index is -1.00. The maximum atomic E-state index is 12.5. The first-order valence-electron chi connectivity index (χ1n) is 12.6. The summed E-state index contributed by atoms with van der Waals surface area (Å²) < 4.78 is 10.7. The van der Waals surface area contributed by atoms with Gasteiger partial charge in [-0.3, -0.25) is 20.2 Å². The first-order chi connectivity index (χ1) is 17.2. The second kappa shape index (κ2) is 10.2. The number of hydrogen-bond donors (Lipinski definition) is 0. The van der Waals surface area contributed by atoms with Gasteiger partial charge >= 0.3 is 6.16 Å². The van der Waals surface area contributed by atoms with Crippen molar-refractivity contribution in [2.24, 2.45) is 10.8 Å². The van der Waals surface area contributed by atoms with Crippen LogP contribution in [0.5, 0.6) is 11.5 Å². The van der Waals surface area contributed by atoms with E-state index in [0.29, 0.717) is 24.0 Å². The van der Waals surface area contributed by atoms with E-state index < -0.39 is 16.0 Å². The monoisotopic (exact) mass is 496 g/mol. The van der Waals surface area contributed by atoms with Crippen LogP contribution in [0.15, 0.2) is 36.4 Å². The van der Waals surface area contributed by atoms with Crippen molar-refractivity contribution in [3.05, 3.63) is 67.8 Å². The minimum absolute atomic E-state index is 0.0105. The Morgan fingerprint density at radius 2 is 1.17 bits per heavy atom. The highest BCUT2D eigenvalue weighted by Crippen LogP contribution is 2.48. The van der Waals surface area contributed by atoms with Crippen LogP contribution in [0.3, 0.4) is 0 Å². The van der Waals surface area contributed by atoms with Crippen LogP contribution in [-0.4, -0.2) is 16.0 Å². The molecule has 0 radical (unpaired) electrons. The molecule has 9 nitrogen and oxygen atoms in total. The molecule has 2 aliphatic rings. The van der Waals surface area contributed by atoms with Gasteiger partial charge < -0.3 is 9.47 Å². The lowest BCUT2D eigenvalue weighted by Crippen LogP contribution is -2.31. The Labute approximate surface area is 210 Å². The van der Waals surface area contributed by atoms with E-state index in [2.05, 4.69) is 13.8 Å². The Hall–Kier alpha value is -3.49. The van der Waals surface area contributed by atoms with E-state index in [1.807, 2.05) is 0 Å². The van der Waals surface area contributed by atoms with Gasteiger partial charge in [0, 0.05) is 23.3 Å². The van der Waals surface area contributed by atoms with Gasteiger partial charge in [0.1, 0.15) is 11.5 Å². The molecule has 0 atom stereocenters. The molecule has 2 aliphatic carbocycles. The van der Waals surface area contributed by atoms with Crippen molar-refractivity contribution in [3.63, 3.8) is 0 Å². The maximum absolute atomic E-state index is 12.5. The fourth-order valence-electron chi connectivity index (χ4n) is 5.58. The zero-order valence-electron chi connectivity index (χ0n) is 20.8. The predicted octanol–water partition coefficient (Wildman–Crippen LogP) is 7.33. The lowest BCUT2D eigenvalue weighted by molar-refractivity contribution is -0.385. The Balaban J connectivity index is 1.50. The molecule has 0 unspecified atom stereocenters. The number of rotatable bonds is 10. The van der Waals surface area contributed by atoms with Gasteiger partial charge in [0.25, 0.3) is 11.4 Å². The summed E-state index contributed by atoms with van der Waals surface area (Å²) in [5.41, 5.74) is 1.20. The fraction of sp³-hybridized carbons (Fsp3) is 0.519. The SMILES string of the molecule is CCC1(Cc2cc(OC(=O)Oc3ccc([N+](=O)[O-])c(CC4(CC)CCC4)c3)ccc2[N+](=O)[O-])CCC1. The number of nitro groups is 2. The van der Waals surface area contributed by atoms with E-state index >= 15 is 0 Å². The van der Waals surface area contributed by atoms with Gasteiger partial charge in [-0.25, -0.2) is 4.79 Å². The van der Waals surface area contributed by atoms with Gasteiger partial charge in [-0.05, 0) is 73.6 Å². The van der Waals surface area contributed by atoms with Crippen molar-refractivity contribution < 1.29 is 24.1 Å². The smallest absolute Gasteiger partial charge is 0.395 e. The molecule has 0 N–H and O–H groups in total. The number of hydrogen-bond acceptors (Lipinski definition) is 7. The third-order valence-electron chi connectivity index (χ3n) is 8.36. The van der Waals surface area contributed by atoms with Crippen molar-refractivity contribution in [2.45, 2.75) is 78.1 Å². The molecule has 2 saturated carbocycles. The molecule has 4 rings (SSSR count). The van der Waals surface area contributed by atoms with Crippen LogP contribution in [-0.2, 0) is 12.8 Å². The first kappa shape index (κ1) is 25.6. The molecule has 0 bridgehead atoms. The largest absolute Gasteiger partial charge is 0.519 e. The second-order valence-corrected chi connectivity index (χ2v) is 10.3. The molecule has 9 heteroatoms. The number of ether oxygens (including phenoxy) is 2. The van der Waals surface area contributed by atoms with Gasteiger partial charge in [-0.15, -0.1) is 0 Å². The summed E-state index contributed by atoms with van der Waals surface area (Å²) >= 11 is 0. The van der Waals surface area contributed by atoms with Crippen LogP contribution in [0.4, 0.5) is 16.2 Å². The van der Waals surface area contributed by atoms with Crippen LogP contribution in [0.2, 0.25) is 0 Å². The number of nitrogens with zero attached hydrogens (tertiary/aromatic N) is 2. The molecule has 36 heavy (non-hydrogen) atoms. The molecule has 0 heterocycles. The summed E-state index contributed by atoms with van der Waals surface area (Å²) in [5.74, 6) is 0.320. The Morgan fingerprint density at radius 1 is 0.778 bits per heavy atom. The zero-order valence-corrected chi connectivity index (χ0v) is 20.8. The summed E-state index contributed by atoms with van der Waals surface area (Å²) in [7, 11) is 0. The summed E-state index contributed by atoms with van der Waals surface area (Å²) in [6, 6.07) is 8.55. The first-order valence-corrected chi connectivity index (χ1v) is 12.6. The highest BCUT2D eigenvalue weighted by atomic mass is 16.7. The van der Waals surface area contributed by atoms with Crippen LogP contribution in [0.1, 0.15) is 76.3 Å². The quantitative estimate of drug-likeness (QED) is 0.146. The predicted molar refractivity (Wildman–Crippen MR) is 133 cm³/mol. The van der Waals surface area contributed by atoms with Crippen molar-refractivity contribution >= 4 is 17.5 Å². The highest BCUT2D eigenvalue weighted by molar-refractivity contribution is 5.68. The summed E-state index contributed by atoms with van der Waals surface area (Å²) in [6.07, 6.45) is 8.28. The molecule has 0 amide bonds. The van der Waals surface area contributed by atoms with E-state index in [9.17, 15) is 25.0 Å². The van der Waals surface area contributed by atoms with Crippen LogP contribution < -0.4 is 9.47 Å². The Bertz CT molecular complexity index is 1070. The van der Waals surface area contributed by atoms with Gasteiger partial charge in [-0.1, -0.05) is 39.5 Å². The zero-order chi connectivity index (χ0) is 25.9. The van der Waals surface area contributed by atoms with Crippen molar-refractivity contribution in [3.8, 4) is 11.5 Å². The van der Waals surface area contributed by atoms with Crippen LogP contribution in [0.25, 0.3) is 0 Å². The third kappa shape index (κ3) is 5.34.